The Hall–Kier alpha value is -2.45. The quantitative estimate of drug-likeness (QED) is 0.671. The first kappa shape index (κ1) is 17.4. The van der Waals surface area contributed by atoms with Crippen molar-refractivity contribution in [1.82, 2.24) is 9.55 Å². The highest BCUT2D eigenvalue weighted by atomic mass is 19.4. The van der Waals surface area contributed by atoms with E-state index in [-0.39, 0.29) is 12.4 Å². The first-order valence-electron chi connectivity index (χ1n) is 7.40. The Kier molecular flexibility index (Phi) is 4.04. The zero-order valence-electron chi connectivity index (χ0n) is 13.0. The van der Waals surface area contributed by atoms with Gasteiger partial charge in [0.2, 0.25) is 5.82 Å². The van der Waals surface area contributed by atoms with Gasteiger partial charge in [-0.15, -0.1) is 0 Å². The molecule has 0 bridgehead atoms. The van der Waals surface area contributed by atoms with E-state index in [4.69, 9.17) is 0 Å². The van der Waals surface area contributed by atoms with E-state index in [9.17, 15) is 26.3 Å². The Bertz CT molecular complexity index is 799. The number of nitrogens with zero attached hydrogens (tertiary/aromatic N) is 3. The zero-order valence-corrected chi connectivity index (χ0v) is 13.0. The van der Waals surface area contributed by atoms with Crippen molar-refractivity contribution in [2.75, 3.05) is 4.90 Å². The second-order valence-electron chi connectivity index (χ2n) is 5.58. The number of anilines is 2. The lowest BCUT2D eigenvalue weighted by molar-refractivity contribution is -0.147. The van der Waals surface area contributed by atoms with Crippen molar-refractivity contribution in [2.45, 2.75) is 32.2 Å². The summed E-state index contributed by atoms with van der Waals surface area (Å²) in [6.07, 6.45) is -5.87. The molecule has 0 radical (unpaired) electrons. The maximum atomic E-state index is 13.1. The van der Waals surface area contributed by atoms with Crippen LogP contribution in [0.3, 0.4) is 0 Å². The van der Waals surface area contributed by atoms with E-state index in [1.807, 2.05) is 0 Å². The number of hydrogen-bond acceptors (Lipinski definition) is 2. The fraction of sp³-hybridized carbons (Fsp3) is 0.312. The second-order valence-corrected chi connectivity index (χ2v) is 5.58. The van der Waals surface area contributed by atoms with Crippen LogP contribution in [0.15, 0.2) is 42.2 Å². The van der Waals surface area contributed by atoms with Crippen LogP contribution in [0.1, 0.15) is 24.7 Å². The summed E-state index contributed by atoms with van der Waals surface area (Å²) in [5, 5.41) is 0. The number of fused-ring (bicyclic) bond motifs is 1. The molecule has 0 saturated carbocycles. The summed E-state index contributed by atoms with van der Waals surface area (Å²) in [5.74, 6) is -0.872. The van der Waals surface area contributed by atoms with Gasteiger partial charge < -0.3 is 9.47 Å². The van der Waals surface area contributed by atoms with E-state index in [1.54, 1.807) is 13.1 Å². The molecule has 134 valence electrons. The van der Waals surface area contributed by atoms with Gasteiger partial charge in [-0.2, -0.15) is 26.3 Å². The lowest BCUT2D eigenvalue weighted by Gasteiger charge is -2.29. The fourth-order valence-electron chi connectivity index (χ4n) is 2.65. The summed E-state index contributed by atoms with van der Waals surface area (Å²) in [7, 11) is 0. The van der Waals surface area contributed by atoms with Crippen LogP contribution >= 0.6 is 0 Å². The molecule has 0 unspecified atom stereocenters. The van der Waals surface area contributed by atoms with Gasteiger partial charge in [-0.1, -0.05) is 6.92 Å². The van der Waals surface area contributed by atoms with E-state index in [1.165, 1.54) is 17.0 Å². The van der Waals surface area contributed by atoms with Crippen molar-refractivity contribution in [3.63, 3.8) is 0 Å². The number of rotatable bonds is 2. The van der Waals surface area contributed by atoms with E-state index < -0.39 is 23.7 Å². The minimum Gasteiger partial charge on any atom is -0.302 e. The van der Waals surface area contributed by atoms with Crippen molar-refractivity contribution in [1.29, 1.82) is 0 Å². The summed E-state index contributed by atoms with van der Waals surface area (Å²) in [5.41, 5.74) is 0.210. The SMILES string of the molecule is CCC1=CN(c2ccc(C(F)(F)F)cc2)c2cnc(C(F)(F)F)n2C1. The molecule has 0 fully saturated rings. The number of allylic oxidation sites excluding steroid dienone is 1. The van der Waals surface area contributed by atoms with Crippen molar-refractivity contribution < 1.29 is 26.3 Å². The van der Waals surface area contributed by atoms with Crippen molar-refractivity contribution in [2.24, 2.45) is 0 Å². The first-order chi connectivity index (χ1) is 11.6. The standard InChI is InChI=1S/C16H13F6N3/c1-2-10-8-24(12-5-3-11(4-6-12)15(17,18)19)13-7-23-14(16(20,21)22)25(13)9-10/h3-8H,2,9H2,1H3. The molecular weight excluding hydrogens is 348 g/mol. The molecule has 0 amide bonds. The van der Waals surface area contributed by atoms with Crippen LogP contribution in [0, 0.1) is 0 Å². The fourth-order valence-corrected chi connectivity index (χ4v) is 2.65. The van der Waals surface area contributed by atoms with Gasteiger partial charge in [0.15, 0.2) is 0 Å². The molecule has 25 heavy (non-hydrogen) atoms. The van der Waals surface area contributed by atoms with E-state index in [0.717, 1.165) is 22.9 Å². The van der Waals surface area contributed by atoms with Gasteiger partial charge in [-0.3, -0.25) is 0 Å². The minimum absolute atomic E-state index is 0.0395. The highest BCUT2D eigenvalue weighted by Gasteiger charge is 2.39. The predicted octanol–water partition coefficient (Wildman–Crippen LogP) is 5.37. The third kappa shape index (κ3) is 3.22. The molecule has 3 nitrogen and oxygen atoms in total. The van der Waals surface area contributed by atoms with Gasteiger partial charge in [-0.05, 0) is 36.3 Å². The Labute approximate surface area is 139 Å². The lowest BCUT2D eigenvalue weighted by atomic mass is 10.1. The van der Waals surface area contributed by atoms with E-state index in [2.05, 4.69) is 4.98 Å². The van der Waals surface area contributed by atoms with Gasteiger partial charge in [0.1, 0.15) is 5.82 Å². The number of halogens is 6. The molecule has 0 aliphatic carbocycles. The molecule has 0 spiro atoms. The van der Waals surface area contributed by atoms with Gasteiger partial charge >= 0.3 is 12.4 Å². The molecule has 3 rings (SSSR count). The summed E-state index contributed by atoms with van der Waals surface area (Å²) in [4.78, 5) is 4.87. The molecule has 1 aliphatic heterocycles. The molecule has 0 atom stereocenters. The molecule has 0 N–H and O–H groups in total. The number of alkyl halides is 6. The Morgan fingerprint density at radius 2 is 1.64 bits per heavy atom. The van der Waals surface area contributed by atoms with Crippen LogP contribution < -0.4 is 4.90 Å². The van der Waals surface area contributed by atoms with Crippen LogP contribution in [0.5, 0.6) is 0 Å². The summed E-state index contributed by atoms with van der Waals surface area (Å²) < 4.78 is 78.4. The Morgan fingerprint density at radius 1 is 1.00 bits per heavy atom. The predicted molar refractivity (Wildman–Crippen MR) is 79.2 cm³/mol. The Balaban J connectivity index is 2.05. The van der Waals surface area contributed by atoms with Crippen LogP contribution in [0.25, 0.3) is 0 Å². The van der Waals surface area contributed by atoms with Crippen molar-refractivity contribution in [3.05, 3.63) is 53.6 Å². The first-order valence-corrected chi connectivity index (χ1v) is 7.40. The molecule has 9 heteroatoms. The smallest absolute Gasteiger partial charge is 0.302 e. The zero-order chi connectivity index (χ0) is 18.4. The maximum absolute atomic E-state index is 13.1. The summed E-state index contributed by atoms with van der Waals surface area (Å²) >= 11 is 0. The monoisotopic (exact) mass is 361 g/mol. The van der Waals surface area contributed by atoms with Crippen molar-refractivity contribution in [3.8, 4) is 0 Å². The number of hydrogen-bond donors (Lipinski definition) is 0. The van der Waals surface area contributed by atoms with Gasteiger partial charge in [0.05, 0.1) is 11.8 Å². The molecule has 1 aliphatic rings. The van der Waals surface area contributed by atoms with Crippen LogP contribution in [-0.2, 0) is 18.9 Å². The van der Waals surface area contributed by atoms with Gasteiger partial charge in [-0.25, -0.2) is 4.98 Å². The molecule has 1 aromatic heterocycles. The number of imidazole rings is 1. The summed E-state index contributed by atoms with van der Waals surface area (Å²) in [6, 6.07) is 4.24. The molecule has 2 aromatic rings. The van der Waals surface area contributed by atoms with Crippen LogP contribution in [0.2, 0.25) is 0 Å². The maximum Gasteiger partial charge on any atom is 0.449 e. The summed E-state index contributed by atoms with van der Waals surface area (Å²) in [6.45, 7) is 1.84. The van der Waals surface area contributed by atoms with Crippen molar-refractivity contribution >= 4 is 11.5 Å². The van der Waals surface area contributed by atoms with Crippen LogP contribution in [0.4, 0.5) is 37.8 Å². The lowest BCUT2D eigenvalue weighted by Crippen LogP contribution is -2.24. The molecule has 2 heterocycles. The van der Waals surface area contributed by atoms with Crippen LogP contribution in [-0.4, -0.2) is 9.55 Å². The molecule has 1 aromatic carbocycles. The average Bonchev–Trinajstić information content (AvgIpc) is 2.97. The highest BCUT2D eigenvalue weighted by Crippen LogP contribution is 2.38. The number of benzene rings is 1. The third-order valence-electron chi connectivity index (χ3n) is 3.93. The molecular formula is C16H13F6N3. The van der Waals surface area contributed by atoms with E-state index >= 15 is 0 Å². The largest absolute Gasteiger partial charge is 0.449 e. The average molecular weight is 361 g/mol. The Morgan fingerprint density at radius 3 is 2.16 bits per heavy atom. The van der Waals surface area contributed by atoms with Gasteiger partial charge in [0.25, 0.3) is 0 Å². The van der Waals surface area contributed by atoms with E-state index in [0.29, 0.717) is 17.7 Å². The number of aromatic nitrogens is 2. The normalized spacial score (nSPS) is 15.2. The topological polar surface area (TPSA) is 21.1 Å². The molecule has 0 saturated heterocycles. The highest BCUT2D eigenvalue weighted by molar-refractivity contribution is 5.65. The van der Waals surface area contributed by atoms with Gasteiger partial charge in [0, 0.05) is 18.4 Å². The second kappa shape index (κ2) is 5.82. The third-order valence-corrected chi connectivity index (χ3v) is 3.93. The minimum atomic E-state index is -4.61.